The summed E-state index contributed by atoms with van der Waals surface area (Å²) in [5.41, 5.74) is 1.69. The average molecular weight is 426 g/mol. The lowest BCUT2D eigenvalue weighted by atomic mass is 9.90. The summed E-state index contributed by atoms with van der Waals surface area (Å²) in [5, 5.41) is 0. The zero-order valence-corrected chi connectivity index (χ0v) is 17.7. The van der Waals surface area contributed by atoms with Crippen molar-refractivity contribution in [1.29, 1.82) is 0 Å². The van der Waals surface area contributed by atoms with Crippen LogP contribution in [0, 0.1) is 17.7 Å². The number of carbonyl (C=O) groups excluding carboxylic acids is 2. The van der Waals surface area contributed by atoms with Crippen molar-refractivity contribution in [2.45, 2.75) is 37.8 Å². The molecule has 0 aromatic heterocycles. The second-order valence-corrected chi connectivity index (χ2v) is 8.57. The molecule has 1 heterocycles. The topological polar surface area (TPSA) is 55.8 Å². The Hall–Kier alpha value is -2.73. The summed E-state index contributed by atoms with van der Waals surface area (Å²) in [5.74, 6) is 0.326. The van der Waals surface area contributed by atoms with Gasteiger partial charge in [-0.25, -0.2) is 4.39 Å². The van der Waals surface area contributed by atoms with Crippen LogP contribution in [0.2, 0.25) is 0 Å². The van der Waals surface area contributed by atoms with Crippen LogP contribution in [-0.4, -0.2) is 43.4 Å². The molecule has 0 spiro atoms. The zero-order chi connectivity index (χ0) is 21.8. The van der Waals surface area contributed by atoms with Gasteiger partial charge in [0, 0.05) is 24.9 Å². The number of nitrogens with zero attached hydrogens (tertiary/aromatic N) is 1. The van der Waals surface area contributed by atoms with Crippen molar-refractivity contribution in [2.75, 3.05) is 20.2 Å². The van der Waals surface area contributed by atoms with Crippen LogP contribution in [0.3, 0.4) is 0 Å². The molecule has 3 unspecified atom stereocenters. The van der Waals surface area contributed by atoms with E-state index in [9.17, 15) is 14.0 Å². The summed E-state index contributed by atoms with van der Waals surface area (Å²) in [7, 11) is 1.61. The Kier molecular flexibility index (Phi) is 6.66. The molecule has 0 radical (unpaired) electrons. The molecular weight excluding hydrogens is 397 g/mol. The van der Waals surface area contributed by atoms with Gasteiger partial charge in [-0.3, -0.25) is 9.69 Å². The Morgan fingerprint density at radius 2 is 1.97 bits per heavy atom. The molecule has 164 valence electrons. The van der Waals surface area contributed by atoms with Crippen molar-refractivity contribution in [2.24, 2.45) is 11.8 Å². The van der Waals surface area contributed by atoms with Crippen molar-refractivity contribution in [3.63, 3.8) is 0 Å². The molecule has 5 nitrogen and oxygen atoms in total. The highest BCUT2D eigenvalue weighted by atomic mass is 19.1. The van der Waals surface area contributed by atoms with Crippen LogP contribution in [0.15, 0.2) is 48.5 Å². The predicted octanol–water partition coefficient (Wildman–Crippen LogP) is 3.96. The fourth-order valence-electron chi connectivity index (χ4n) is 4.38. The largest absolute Gasteiger partial charge is 0.497 e. The molecular formula is C25H28FNO4. The van der Waals surface area contributed by atoms with Crippen molar-refractivity contribution < 1.29 is 23.5 Å². The number of hydrogen-bond acceptors (Lipinski definition) is 5. The van der Waals surface area contributed by atoms with E-state index in [1.807, 2.05) is 30.3 Å². The molecule has 31 heavy (non-hydrogen) atoms. The van der Waals surface area contributed by atoms with Gasteiger partial charge in [-0.1, -0.05) is 37.1 Å². The SMILES string of the molecule is COc1ccc(COC(=O)C(CC2CC2)N2CC(C=O)C(c3cccc(F)c3)C2)cc1. The summed E-state index contributed by atoms with van der Waals surface area (Å²) in [6, 6.07) is 13.5. The van der Waals surface area contributed by atoms with Crippen molar-refractivity contribution in [3.8, 4) is 5.75 Å². The number of rotatable bonds is 9. The molecule has 0 amide bonds. The Bertz CT molecular complexity index is 912. The van der Waals surface area contributed by atoms with E-state index in [4.69, 9.17) is 9.47 Å². The maximum atomic E-state index is 13.7. The lowest BCUT2D eigenvalue weighted by Gasteiger charge is -2.26. The fraction of sp³-hybridized carbons (Fsp3) is 0.440. The van der Waals surface area contributed by atoms with Gasteiger partial charge in [0.25, 0.3) is 0 Å². The maximum absolute atomic E-state index is 13.7. The van der Waals surface area contributed by atoms with Crippen LogP contribution in [0.5, 0.6) is 5.75 Å². The lowest BCUT2D eigenvalue weighted by Crippen LogP contribution is -2.41. The number of hydrogen-bond donors (Lipinski definition) is 0. The van der Waals surface area contributed by atoms with Gasteiger partial charge >= 0.3 is 5.97 Å². The zero-order valence-electron chi connectivity index (χ0n) is 17.7. The van der Waals surface area contributed by atoms with Crippen LogP contribution in [0.1, 0.15) is 36.3 Å². The van der Waals surface area contributed by atoms with Gasteiger partial charge < -0.3 is 14.3 Å². The molecule has 1 saturated heterocycles. The molecule has 0 N–H and O–H groups in total. The lowest BCUT2D eigenvalue weighted by molar-refractivity contribution is -0.151. The standard InChI is InChI=1S/C25H28FNO4/c1-30-22-9-7-18(8-10-22)16-31-25(29)24(11-17-5-6-17)27-13-20(15-28)23(14-27)19-3-2-4-21(26)12-19/h2-4,7-10,12,15,17,20,23-24H,5-6,11,13-14,16H2,1H3. The smallest absolute Gasteiger partial charge is 0.323 e. The minimum Gasteiger partial charge on any atom is -0.497 e. The molecule has 6 heteroatoms. The van der Waals surface area contributed by atoms with Crippen molar-refractivity contribution >= 4 is 12.3 Å². The number of likely N-dealkylation sites (tertiary alicyclic amines) is 1. The molecule has 3 atom stereocenters. The van der Waals surface area contributed by atoms with E-state index in [1.165, 1.54) is 12.1 Å². The summed E-state index contributed by atoms with van der Waals surface area (Å²) in [6.07, 6.45) is 3.93. The summed E-state index contributed by atoms with van der Waals surface area (Å²) in [4.78, 5) is 26.9. The van der Waals surface area contributed by atoms with E-state index in [0.717, 1.165) is 42.4 Å². The molecule has 1 aliphatic heterocycles. The summed E-state index contributed by atoms with van der Waals surface area (Å²) >= 11 is 0. The fourth-order valence-corrected chi connectivity index (χ4v) is 4.38. The average Bonchev–Trinajstić information content (AvgIpc) is 3.52. The Morgan fingerprint density at radius 1 is 1.19 bits per heavy atom. The summed E-state index contributed by atoms with van der Waals surface area (Å²) < 4.78 is 24.6. The van der Waals surface area contributed by atoms with Crippen LogP contribution in [0.25, 0.3) is 0 Å². The monoisotopic (exact) mass is 425 g/mol. The quantitative estimate of drug-likeness (QED) is 0.450. The predicted molar refractivity (Wildman–Crippen MR) is 114 cm³/mol. The normalized spacial score (nSPS) is 22.1. The van der Waals surface area contributed by atoms with E-state index < -0.39 is 0 Å². The third-order valence-corrected chi connectivity index (χ3v) is 6.35. The van der Waals surface area contributed by atoms with Crippen LogP contribution < -0.4 is 4.74 Å². The van der Waals surface area contributed by atoms with Gasteiger partial charge in [0.15, 0.2) is 0 Å². The Balaban J connectivity index is 1.45. The first-order valence-electron chi connectivity index (χ1n) is 10.8. The van der Waals surface area contributed by atoms with Crippen LogP contribution in [-0.2, 0) is 20.9 Å². The number of benzene rings is 2. The van der Waals surface area contributed by atoms with Gasteiger partial charge in [0.05, 0.1) is 7.11 Å². The molecule has 2 fully saturated rings. The van der Waals surface area contributed by atoms with E-state index in [-0.39, 0.29) is 36.3 Å². The molecule has 1 saturated carbocycles. The molecule has 2 aromatic carbocycles. The number of aldehydes is 1. The molecule has 2 aromatic rings. The van der Waals surface area contributed by atoms with E-state index >= 15 is 0 Å². The third-order valence-electron chi connectivity index (χ3n) is 6.35. The molecule has 1 aliphatic carbocycles. The third kappa shape index (κ3) is 5.31. The molecule has 2 aliphatic rings. The minimum atomic E-state index is -0.383. The van der Waals surface area contributed by atoms with Crippen LogP contribution >= 0.6 is 0 Å². The van der Waals surface area contributed by atoms with Gasteiger partial charge in [0.2, 0.25) is 0 Å². The van der Waals surface area contributed by atoms with Gasteiger partial charge in [-0.15, -0.1) is 0 Å². The van der Waals surface area contributed by atoms with Crippen LogP contribution in [0.4, 0.5) is 4.39 Å². The maximum Gasteiger partial charge on any atom is 0.323 e. The van der Waals surface area contributed by atoms with Gasteiger partial charge in [-0.2, -0.15) is 0 Å². The Morgan fingerprint density at radius 3 is 2.61 bits per heavy atom. The van der Waals surface area contributed by atoms with Crippen molar-refractivity contribution in [1.82, 2.24) is 4.90 Å². The van der Waals surface area contributed by atoms with E-state index in [1.54, 1.807) is 13.2 Å². The van der Waals surface area contributed by atoms with Gasteiger partial charge in [-0.05, 0) is 47.7 Å². The van der Waals surface area contributed by atoms with E-state index in [2.05, 4.69) is 4.90 Å². The highest BCUT2D eigenvalue weighted by Gasteiger charge is 2.42. The number of esters is 1. The molecule has 0 bridgehead atoms. The number of halogens is 1. The highest BCUT2D eigenvalue weighted by Crippen LogP contribution is 2.39. The van der Waals surface area contributed by atoms with E-state index in [0.29, 0.717) is 19.0 Å². The molecule has 4 rings (SSSR count). The highest BCUT2D eigenvalue weighted by molar-refractivity contribution is 5.76. The summed E-state index contributed by atoms with van der Waals surface area (Å²) in [6.45, 7) is 1.23. The number of ether oxygens (including phenoxy) is 2. The Labute approximate surface area is 182 Å². The second kappa shape index (κ2) is 9.60. The minimum absolute atomic E-state index is 0.121. The number of methoxy groups -OCH3 is 1. The second-order valence-electron chi connectivity index (χ2n) is 8.57. The first-order valence-corrected chi connectivity index (χ1v) is 10.8. The first kappa shape index (κ1) is 21.5. The van der Waals surface area contributed by atoms with Crippen molar-refractivity contribution in [3.05, 3.63) is 65.5 Å². The number of carbonyl (C=O) groups is 2. The first-order chi connectivity index (χ1) is 15.1. The van der Waals surface area contributed by atoms with Gasteiger partial charge in [0.1, 0.15) is 30.5 Å².